The Morgan fingerprint density at radius 1 is 1.25 bits per heavy atom. The molecule has 24 heavy (non-hydrogen) atoms. The molecular formula is C17H24BrN3O3. The first-order valence-electron chi connectivity index (χ1n) is 8.01. The van der Waals surface area contributed by atoms with Gasteiger partial charge in [0.25, 0.3) is 5.91 Å². The van der Waals surface area contributed by atoms with Gasteiger partial charge < -0.3 is 10.2 Å². The number of benzene rings is 1. The molecule has 1 aliphatic heterocycles. The summed E-state index contributed by atoms with van der Waals surface area (Å²) in [5, 5.41) is 5.47. The van der Waals surface area contributed by atoms with Gasteiger partial charge in [-0.15, -0.1) is 17.0 Å². The second kappa shape index (κ2) is 9.54. The van der Waals surface area contributed by atoms with Crippen LogP contribution >= 0.6 is 17.0 Å². The van der Waals surface area contributed by atoms with Gasteiger partial charge in [0, 0.05) is 31.6 Å². The summed E-state index contributed by atoms with van der Waals surface area (Å²) in [6, 6.07) is 7.01. The smallest absolute Gasteiger partial charge is 0.254 e. The number of amides is 3. The van der Waals surface area contributed by atoms with E-state index in [0.717, 1.165) is 5.56 Å². The Kier molecular flexibility index (Phi) is 8.07. The molecule has 0 aliphatic carbocycles. The van der Waals surface area contributed by atoms with E-state index in [9.17, 15) is 14.4 Å². The van der Waals surface area contributed by atoms with Gasteiger partial charge in [0.2, 0.25) is 11.8 Å². The van der Waals surface area contributed by atoms with Crippen molar-refractivity contribution in [3.63, 3.8) is 0 Å². The summed E-state index contributed by atoms with van der Waals surface area (Å²) in [4.78, 5) is 37.3. The standard InChI is InChI=1S/C17H23N3O3.BrH/c1-3-20(4-2)17(23)13-8-6-5-7-12(13)11-18-14-9-10-15(21)19-16(14)22;/h5-8,14,18H,3-4,9-11H2,1-2H3,(H,19,21,22);1H/t14-;/m1./s1. The summed E-state index contributed by atoms with van der Waals surface area (Å²) in [7, 11) is 0. The number of hydrogen-bond acceptors (Lipinski definition) is 4. The van der Waals surface area contributed by atoms with Crippen LogP contribution in [0.4, 0.5) is 0 Å². The zero-order valence-electron chi connectivity index (χ0n) is 14.0. The predicted molar refractivity (Wildman–Crippen MR) is 97.0 cm³/mol. The number of carbonyl (C=O) groups is 3. The highest BCUT2D eigenvalue weighted by molar-refractivity contribution is 8.93. The Morgan fingerprint density at radius 2 is 1.92 bits per heavy atom. The van der Waals surface area contributed by atoms with Crippen LogP contribution in [0.1, 0.15) is 42.6 Å². The lowest BCUT2D eigenvalue weighted by Crippen LogP contribution is -2.50. The number of halogens is 1. The zero-order valence-corrected chi connectivity index (χ0v) is 15.7. The van der Waals surface area contributed by atoms with Gasteiger partial charge in [-0.1, -0.05) is 18.2 Å². The average Bonchev–Trinajstić information content (AvgIpc) is 2.55. The third kappa shape index (κ3) is 4.88. The van der Waals surface area contributed by atoms with Crippen LogP contribution in [-0.4, -0.2) is 41.8 Å². The summed E-state index contributed by atoms with van der Waals surface area (Å²) in [6.45, 7) is 5.63. The molecule has 132 valence electrons. The van der Waals surface area contributed by atoms with Crippen LogP contribution < -0.4 is 10.6 Å². The number of imide groups is 1. The van der Waals surface area contributed by atoms with Crippen molar-refractivity contribution in [2.75, 3.05) is 13.1 Å². The van der Waals surface area contributed by atoms with Crippen LogP contribution in [0.2, 0.25) is 0 Å². The first-order chi connectivity index (χ1) is 11.1. The van der Waals surface area contributed by atoms with E-state index in [1.54, 1.807) is 4.90 Å². The van der Waals surface area contributed by atoms with E-state index in [4.69, 9.17) is 0 Å². The molecule has 0 spiro atoms. The summed E-state index contributed by atoms with van der Waals surface area (Å²) in [5.41, 5.74) is 1.50. The lowest BCUT2D eigenvalue weighted by Gasteiger charge is -2.23. The number of piperidine rings is 1. The summed E-state index contributed by atoms with van der Waals surface area (Å²) >= 11 is 0. The van der Waals surface area contributed by atoms with E-state index in [1.165, 1.54) is 0 Å². The predicted octanol–water partition coefficient (Wildman–Crippen LogP) is 1.64. The molecule has 0 radical (unpaired) electrons. The Hall–Kier alpha value is -1.73. The molecular weight excluding hydrogens is 374 g/mol. The van der Waals surface area contributed by atoms with Gasteiger partial charge in [-0.05, 0) is 31.9 Å². The van der Waals surface area contributed by atoms with Crippen molar-refractivity contribution in [1.82, 2.24) is 15.5 Å². The summed E-state index contributed by atoms with van der Waals surface area (Å²) < 4.78 is 0. The van der Waals surface area contributed by atoms with Gasteiger partial charge >= 0.3 is 0 Å². The quantitative estimate of drug-likeness (QED) is 0.715. The van der Waals surface area contributed by atoms with E-state index >= 15 is 0 Å². The topological polar surface area (TPSA) is 78.5 Å². The van der Waals surface area contributed by atoms with E-state index < -0.39 is 6.04 Å². The molecule has 2 rings (SSSR count). The van der Waals surface area contributed by atoms with Gasteiger partial charge in [0.15, 0.2) is 0 Å². The van der Waals surface area contributed by atoms with Gasteiger partial charge in [0.1, 0.15) is 0 Å². The van der Waals surface area contributed by atoms with E-state index in [1.807, 2.05) is 38.1 Å². The fourth-order valence-corrected chi connectivity index (χ4v) is 2.69. The molecule has 3 amide bonds. The zero-order chi connectivity index (χ0) is 16.8. The average molecular weight is 398 g/mol. The third-order valence-electron chi connectivity index (χ3n) is 4.08. The molecule has 6 nitrogen and oxygen atoms in total. The van der Waals surface area contributed by atoms with Gasteiger partial charge in [-0.3, -0.25) is 19.7 Å². The Balaban J connectivity index is 0.00000288. The molecule has 1 atom stereocenters. The largest absolute Gasteiger partial charge is 0.339 e. The molecule has 0 saturated carbocycles. The molecule has 1 heterocycles. The molecule has 0 unspecified atom stereocenters. The van der Waals surface area contributed by atoms with E-state index in [0.29, 0.717) is 38.0 Å². The first-order valence-corrected chi connectivity index (χ1v) is 8.01. The number of nitrogens with zero attached hydrogens (tertiary/aromatic N) is 1. The minimum atomic E-state index is -0.399. The Morgan fingerprint density at radius 3 is 2.54 bits per heavy atom. The van der Waals surface area contributed by atoms with Crippen LogP contribution in [0.5, 0.6) is 0 Å². The third-order valence-corrected chi connectivity index (χ3v) is 4.08. The highest BCUT2D eigenvalue weighted by atomic mass is 79.9. The second-order valence-electron chi connectivity index (χ2n) is 5.52. The maximum Gasteiger partial charge on any atom is 0.254 e. The normalized spacial score (nSPS) is 17.0. The lowest BCUT2D eigenvalue weighted by molar-refractivity contribution is -0.134. The van der Waals surface area contributed by atoms with Crippen molar-refractivity contribution in [2.24, 2.45) is 0 Å². The summed E-state index contributed by atoms with van der Waals surface area (Å²) in [5.74, 6) is -0.533. The molecule has 1 fully saturated rings. The number of nitrogens with one attached hydrogen (secondary N) is 2. The van der Waals surface area contributed by atoms with Crippen molar-refractivity contribution in [2.45, 2.75) is 39.3 Å². The maximum absolute atomic E-state index is 12.6. The van der Waals surface area contributed by atoms with Gasteiger partial charge in [-0.25, -0.2) is 0 Å². The molecule has 0 aromatic heterocycles. The van der Waals surface area contributed by atoms with Crippen LogP contribution in [0, 0.1) is 0 Å². The number of carbonyl (C=O) groups excluding carboxylic acids is 3. The number of hydrogen-bond donors (Lipinski definition) is 2. The molecule has 7 heteroatoms. The van der Waals surface area contributed by atoms with Crippen LogP contribution in [-0.2, 0) is 16.1 Å². The fourth-order valence-electron chi connectivity index (χ4n) is 2.69. The lowest BCUT2D eigenvalue weighted by atomic mass is 10.0. The van der Waals surface area contributed by atoms with Crippen molar-refractivity contribution in [3.05, 3.63) is 35.4 Å². The first kappa shape index (κ1) is 20.3. The SMILES string of the molecule is Br.CCN(CC)C(=O)c1ccccc1CN[C@@H]1CCC(=O)NC1=O. The van der Waals surface area contributed by atoms with Crippen molar-refractivity contribution >= 4 is 34.7 Å². The van der Waals surface area contributed by atoms with E-state index in [-0.39, 0.29) is 34.7 Å². The highest BCUT2D eigenvalue weighted by Crippen LogP contribution is 2.13. The van der Waals surface area contributed by atoms with E-state index in [2.05, 4.69) is 10.6 Å². The minimum absolute atomic E-state index is 0. The number of rotatable bonds is 6. The van der Waals surface area contributed by atoms with Crippen molar-refractivity contribution in [1.29, 1.82) is 0 Å². The van der Waals surface area contributed by atoms with Crippen molar-refractivity contribution in [3.8, 4) is 0 Å². The van der Waals surface area contributed by atoms with Crippen molar-refractivity contribution < 1.29 is 14.4 Å². The molecule has 0 bridgehead atoms. The minimum Gasteiger partial charge on any atom is -0.339 e. The summed E-state index contributed by atoms with van der Waals surface area (Å²) in [6.07, 6.45) is 0.820. The van der Waals surface area contributed by atoms with Crippen LogP contribution in [0.25, 0.3) is 0 Å². The monoisotopic (exact) mass is 397 g/mol. The highest BCUT2D eigenvalue weighted by Gasteiger charge is 2.26. The molecule has 1 aliphatic rings. The Bertz CT molecular complexity index is 602. The second-order valence-corrected chi connectivity index (χ2v) is 5.52. The van der Waals surface area contributed by atoms with Crippen LogP contribution in [0.3, 0.4) is 0 Å². The Labute approximate surface area is 152 Å². The maximum atomic E-state index is 12.6. The van der Waals surface area contributed by atoms with Gasteiger partial charge in [-0.2, -0.15) is 0 Å². The molecule has 1 aromatic rings. The molecule has 2 N–H and O–H groups in total. The van der Waals surface area contributed by atoms with Gasteiger partial charge in [0.05, 0.1) is 6.04 Å². The molecule has 1 aromatic carbocycles. The molecule has 1 saturated heterocycles. The fraction of sp³-hybridized carbons (Fsp3) is 0.471. The van der Waals surface area contributed by atoms with Crippen LogP contribution in [0.15, 0.2) is 24.3 Å².